The summed E-state index contributed by atoms with van der Waals surface area (Å²) in [5.41, 5.74) is 1.99. The molecule has 0 fully saturated rings. The topological polar surface area (TPSA) is 26.3 Å². The maximum Gasteiger partial charge on any atom is 0.338 e. The molecule has 2 nitrogen and oxygen atoms in total. The Bertz CT molecular complexity index is 616. The van der Waals surface area contributed by atoms with Crippen LogP contribution < -0.4 is 0 Å². The van der Waals surface area contributed by atoms with Crippen molar-refractivity contribution in [2.75, 3.05) is 7.11 Å². The Hall–Kier alpha value is -2.23. The van der Waals surface area contributed by atoms with E-state index in [9.17, 15) is 13.6 Å². The van der Waals surface area contributed by atoms with Gasteiger partial charge in [0, 0.05) is 6.07 Å². The van der Waals surface area contributed by atoms with Crippen LogP contribution in [-0.2, 0) is 4.74 Å². The van der Waals surface area contributed by atoms with E-state index in [1.54, 1.807) is 25.1 Å². The first-order valence-corrected chi connectivity index (χ1v) is 5.67. The zero-order chi connectivity index (χ0) is 14.0. The van der Waals surface area contributed by atoms with Gasteiger partial charge in [-0.15, -0.1) is 0 Å². The Morgan fingerprint density at radius 2 is 1.74 bits per heavy atom. The Labute approximate surface area is 109 Å². The van der Waals surface area contributed by atoms with Crippen LogP contribution in [0.4, 0.5) is 8.78 Å². The zero-order valence-electron chi connectivity index (χ0n) is 10.5. The van der Waals surface area contributed by atoms with Crippen molar-refractivity contribution in [1.29, 1.82) is 0 Å². The fourth-order valence-corrected chi connectivity index (χ4v) is 1.99. The Morgan fingerprint density at radius 1 is 1.11 bits per heavy atom. The fraction of sp³-hybridized carbons (Fsp3) is 0.133. The largest absolute Gasteiger partial charge is 0.465 e. The van der Waals surface area contributed by atoms with Gasteiger partial charge in [-0.25, -0.2) is 13.6 Å². The van der Waals surface area contributed by atoms with Crippen LogP contribution in [0, 0.1) is 18.6 Å². The first kappa shape index (κ1) is 13.2. The molecule has 0 bridgehead atoms. The number of carbonyl (C=O) groups excluding carboxylic acids is 1. The highest BCUT2D eigenvalue weighted by Gasteiger charge is 2.13. The number of rotatable bonds is 2. The molecule has 0 aliphatic rings. The van der Waals surface area contributed by atoms with Gasteiger partial charge in [0.05, 0.1) is 12.7 Å². The highest BCUT2D eigenvalue weighted by atomic mass is 19.1. The summed E-state index contributed by atoms with van der Waals surface area (Å²) < 4.78 is 31.1. The van der Waals surface area contributed by atoms with Gasteiger partial charge in [0.25, 0.3) is 0 Å². The summed E-state index contributed by atoms with van der Waals surface area (Å²) in [6, 6.07) is 8.23. The molecule has 0 atom stereocenters. The van der Waals surface area contributed by atoms with Gasteiger partial charge in [-0.05, 0) is 41.8 Å². The SMILES string of the molecule is COC(=O)c1cccc(-c2cc(F)cc(F)c2)c1C. The molecule has 0 heterocycles. The van der Waals surface area contributed by atoms with Crippen molar-refractivity contribution in [3.05, 3.63) is 59.2 Å². The van der Waals surface area contributed by atoms with Crippen LogP contribution in [0.3, 0.4) is 0 Å². The van der Waals surface area contributed by atoms with E-state index in [-0.39, 0.29) is 0 Å². The third-order valence-electron chi connectivity index (χ3n) is 2.91. The van der Waals surface area contributed by atoms with Gasteiger partial charge >= 0.3 is 5.97 Å². The van der Waals surface area contributed by atoms with Crippen molar-refractivity contribution in [1.82, 2.24) is 0 Å². The number of carbonyl (C=O) groups is 1. The second-order valence-electron chi connectivity index (χ2n) is 4.13. The summed E-state index contributed by atoms with van der Waals surface area (Å²) in [5, 5.41) is 0. The average molecular weight is 262 g/mol. The molecule has 0 saturated heterocycles. The molecular weight excluding hydrogens is 250 g/mol. The first-order chi connectivity index (χ1) is 9.02. The Kier molecular flexibility index (Phi) is 3.60. The van der Waals surface area contributed by atoms with Crippen LogP contribution >= 0.6 is 0 Å². The molecule has 0 radical (unpaired) electrons. The van der Waals surface area contributed by atoms with E-state index in [1.807, 2.05) is 0 Å². The number of esters is 1. The fourth-order valence-electron chi connectivity index (χ4n) is 1.99. The van der Waals surface area contributed by atoms with E-state index < -0.39 is 17.6 Å². The number of hydrogen-bond acceptors (Lipinski definition) is 2. The number of halogens is 2. The van der Waals surface area contributed by atoms with Crippen LogP contribution in [0.2, 0.25) is 0 Å². The molecule has 2 aromatic carbocycles. The van der Waals surface area contributed by atoms with Crippen molar-refractivity contribution in [2.24, 2.45) is 0 Å². The van der Waals surface area contributed by atoms with Crippen molar-refractivity contribution in [3.63, 3.8) is 0 Å². The van der Waals surface area contributed by atoms with Gasteiger partial charge in [0.2, 0.25) is 0 Å². The predicted molar refractivity (Wildman–Crippen MR) is 67.9 cm³/mol. The van der Waals surface area contributed by atoms with E-state index in [0.29, 0.717) is 22.3 Å². The molecule has 2 rings (SSSR count). The number of ether oxygens (including phenoxy) is 1. The van der Waals surface area contributed by atoms with Gasteiger partial charge in [-0.3, -0.25) is 0 Å². The minimum Gasteiger partial charge on any atom is -0.465 e. The molecule has 0 aromatic heterocycles. The Morgan fingerprint density at radius 3 is 2.32 bits per heavy atom. The molecule has 4 heteroatoms. The maximum atomic E-state index is 13.2. The normalized spacial score (nSPS) is 10.3. The minimum absolute atomic E-state index is 0.379. The molecular formula is C15H12F2O2. The van der Waals surface area contributed by atoms with E-state index in [4.69, 9.17) is 0 Å². The van der Waals surface area contributed by atoms with Gasteiger partial charge in [0.15, 0.2) is 0 Å². The minimum atomic E-state index is -0.655. The lowest BCUT2D eigenvalue weighted by molar-refractivity contribution is 0.0600. The monoisotopic (exact) mass is 262 g/mol. The maximum absolute atomic E-state index is 13.2. The lowest BCUT2D eigenvalue weighted by Crippen LogP contribution is -2.04. The molecule has 0 aliphatic carbocycles. The summed E-state index contributed by atoms with van der Waals surface area (Å²) in [4.78, 5) is 11.6. The van der Waals surface area contributed by atoms with Gasteiger partial charge < -0.3 is 4.74 Å². The van der Waals surface area contributed by atoms with Gasteiger partial charge in [0.1, 0.15) is 11.6 Å². The van der Waals surface area contributed by atoms with Crippen LogP contribution in [0.1, 0.15) is 15.9 Å². The zero-order valence-corrected chi connectivity index (χ0v) is 10.5. The third-order valence-corrected chi connectivity index (χ3v) is 2.91. The lowest BCUT2D eigenvalue weighted by atomic mass is 9.96. The number of hydrogen-bond donors (Lipinski definition) is 0. The highest BCUT2D eigenvalue weighted by Crippen LogP contribution is 2.27. The van der Waals surface area contributed by atoms with Crippen molar-refractivity contribution in [3.8, 4) is 11.1 Å². The summed E-state index contributed by atoms with van der Waals surface area (Å²) in [5.74, 6) is -1.79. The molecule has 0 saturated carbocycles. The number of methoxy groups -OCH3 is 1. The summed E-state index contributed by atoms with van der Waals surface area (Å²) in [6.07, 6.45) is 0. The second-order valence-corrected chi connectivity index (χ2v) is 4.13. The smallest absolute Gasteiger partial charge is 0.338 e. The molecule has 0 amide bonds. The van der Waals surface area contributed by atoms with Crippen molar-refractivity contribution < 1.29 is 18.3 Å². The van der Waals surface area contributed by atoms with E-state index >= 15 is 0 Å². The lowest BCUT2D eigenvalue weighted by Gasteiger charge is -2.10. The molecule has 0 unspecified atom stereocenters. The molecule has 19 heavy (non-hydrogen) atoms. The molecule has 0 spiro atoms. The van der Waals surface area contributed by atoms with Crippen molar-refractivity contribution in [2.45, 2.75) is 6.92 Å². The van der Waals surface area contributed by atoms with Gasteiger partial charge in [-0.2, -0.15) is 0 Å². The molecule has 0 N–H and O–H groups in total. The van der Waals surface area contributed by atoms with Crippen LogP contribution in [0.25, 0.3) is 11.1 Å². The van der Waals surface area contributed by atoms with E-state index in [2.05, 4.69) is 4.74 Å². The van der Waals surface area contributed by atoms with E-state index in [0.717, 1.165) is 6.07 Å². The number of benzene rings is 2. The summed E-state index contributed by atoms with van der Waals surface area (Å²) in [7, 11) is 1.29. The van der Waals surface area contributed by atoms with Crippen LogP contribution in [0.15, 0.2) is 36.4 Å². The first-order valence-electron chi connectivity index (χ1n) is 5.67. The van der Waals surface area contributed by atoms with E-state index in [1.165, 1.54) is 19.2 Å². The van der Waals surface area contributed by atoms with Crippen LogP contribution in [-0.4, -0.2) is 13.1 Å². The quantitative estimate of drug-likeness (QED) is 0.771. The third kappa shape index (κ3) is 2.62. The molecule has 2 aromatic rings. The second kappa shape index (κ2) is 5.18. The standard InChI is InChI=1S/C15H12F2O2/c1-9-13(4-3-5-14(9)15(18)19-2)10-6-11(16)8-12(17)7-10/h3-8H,1-2H3. The van der Waals surface area contributed by atoms with Gasteiger partial charge in [-0.1, -0.05) is 12.1 Å². The predicted octanol–water partition coefficient (Wildman–Crippen LogP) is 3.73. The molecule has 0 aliphatic heterocycles. The van der Waals surface area contributed by atoms with Crippen molar-refractivity contribution >= 4 is 5.97 Å². The summed E-state index contributed by atoms with van der Waals surface area (Å²) >= 11 is 0. The summed E-state index contributed by atoms with van der Waals surface area (Å²) in [6.45, 7) is 1.71. The average Bonchev–Trinajstić information content (AvgIpc) is 2.37. The van der Waals surface area contributed by atoms with Crippen LogP contribution in [0.5, 0.6) is 0 Å². The highest BCUT2D eigenvalue weighted by molar-refractivity contribution is 5.93. The molecule has 98 valence electrons. The Balaban J connectivity index is 2.60.